The van der Waals surface area contributed by atoms with Gasteiger partial charge in [0.1, 0.15) is 6.10 Å². The number of nitrogens with one attached hydrogen (secondary N) is 1. The highest BCUT2D eigenvalue weighted by atomic mass is 79.9. The van der Waals surface area contributed by atoms with E-state index >= 15 is 0 Å². The number of hydrogen-bond donors (Lipinski definition) is 2. The average Bonchev–Trinajstić information content (AvgIpc) is 2.76. The molecule has 0 bridgehead atoms. The third-order valence-electron chi connectivity index (χ3n) is 2.54. The summed E-state index contributed by atoms with van der Waals surface area (Å²) in [5.74, 6) is 0. The quantitative estimate of drug-likeness (QED) is 0.908. The number of rotatable bonds is 4. The number of thiophene rings is 1. The predicted octanol–water partition coefficient (Wildman–Crippen LogP) is 3.31. The largest absolute Gasteiger partial charge is 0.383 e. The Morgan fingerprint density at radius 3 is 2.47 bits per heavy atom. The zero-order valence-electron chi connectivity index (χ0n) is 9.48. The second kappa shape index (κ2) is 5.78. The molecule has 2 aromatic rings. The third kappa shape index (κ3) is 3.16. The van der Waals surface area contributed by atoms with E-state index in [2.05, 4.69) is 21.2 Å². The molecule has 1 atom stereocenters. The van der Waals surface area contributed by atoms with Gasteiger partial charge in [-0.05, 0) is 46.2 Å². The molecule has 0 fully saturated rings. The highest BCUT2D eigenvalue weighted by molar-refractivity contribution is 9.11. The molecule has 17 heavy (non-hydrogen) atoms. The lowest BCUT2D eigenvalue weighted by atomic mass is 10.1. The lowest BCUT2D eigenvalue weighted by Gasteiger charge is -2.09. The first kappa shape index (κ1) is 12.8. The molecule has 0 aliphatic heterocycles. The van der Waals surface area contributed by atoms with Crippen molar-refractivity contribution in [2.75, 3.05) is 7.05 Å². The molecular weight excluding hydrogens is 298 g/mol. The van der Waals surface area contributed by atoms with Gasteiger partial charge in [0, 0.05) is 11.4 Å². The van der Waals surface area contributed by atoms with Crippen LogP contribution in [0.4, 0.5) is 0 Å². The number of aliphatic hydroxyl groups excluding tert-OH is 1. The molecule has 0 aliphatic carbocycles. The number of benzene rings is 1. The second-order valence-corrected chi connectivity index (χ2v) is 6.31. The van der Waals surface area contributed by atoms with Crippen LogP contribution >= 0.6 is 27.3 Å². The Labute approximate surface area is 113 Å². The molecule has 2 nitrogen and oxygen atoms in total. The van der Waals surface area contributed by atoms with Crippen molar-refractivity contribution in [1.82, 2.24) is 5.32 Å². The highest BCUT2D eigenvalue weighted by Gasteiger charge is 2.12. The maximum absolute atomic E-state index is 10.2. The van der Waals surface area contributed by atoms with Crippen LogP contribution in [0.2, 0.25) is 0 Å². The minimum Gasteiger partial charge on any atom is -0.383 e. The molecule has 0 saturated heterocycles. The van der Waals surface area contributed by atoms with E-state index < -0.39 is 6.10 Å². The van der Waals surface area contributed by atoms with E-state index in [4.69, 9.17) is 0 Å². The molecule has 1 heterocycles. The van der Waals surface area contributed by atoms with Crippen LogP contribution in [-0.2, 0) is 6.54 Å². The normalized spacial score (nSPS) is 12.6. The van der Waals surface area contributed by atoms with E-state index in [9.17, 15) is 5.11 Å². The Balaban J connectivity index is 2.16. The van der Waals surface area contributed by atoms with Crippen LogP contribution in [0.25, 0.3) is 0 Å². The Morgan fingerprint density at radius 1 is 1.24 bits per heavy atom. The number of aliphatic hydroxyl groups is 1. The monoisotopic (exact) mass is 311 g/mol. The van der Waals surface area contributed by atoms with Crippen LogP contribution < -0.4 is 5.32 Å². The van der Waals surface area contributed by atoms with Gasteiger partial charge in [-0.1, -0.05) is 24.3 Å². The van der Waals surface area contributed by atoms with Crippen LogP contribution in [0.5, 0.6) is 0 Å². The maximum atomic E-state index is 10.2. The van der Waals surface area contributed by atoms with E-state index in [0.29, 0.717) is 0 Å². The SMILES string of the molecule is CNCc1ccc(C(O)c2ccc(Br)s2)cc1. The van der Waals surface area contributed by atoms with Gasteiger partial charge in [0.25, 0.3) is 0 Å². The van der Waals surface area contributed by atoms with Crippen molar-refractivity contribution in [3.63, 3.8) is 0 Å². The molecule has 1 unspecified atom stereocenters. The van der Waals surface area contributed by atoms with Gasteiger partial charge in [-0.15, -0.1) is 11.3 Å². The van der Waals surface area contributed by atoms with Gasteiger partial charge in [0.05, 0.1) is 3.79 Å². The van der Waals surface area contributed by atoms with Gasteiger partial charge in [-0.25, -0.2) is 0 Å². The summed E-state index contributed by atoms with van der Waals surface area (Å²) in [5, 5.41) is 13.3. The van der Waals surface area contributed by atoms with Crippen molar-refractivity contribution in [2.45, 2.75) is 12.6 Å². The van der Waals surface area contributed by atoms with E-state index in [0.717, 1.165) is 20.8 Å². The summed E-state index contributed by atoms with van der Waals surface area (Å²) in [6.45, 7) is 0.848. The summed E-state index contributed by atoms with van der Waals surface area (Å²) in [4.78, 5) is 0.957. The standard InChI is InChI=1S/C13H14BrNOS/c1-15-8-9-2-4-10(5-3-9)13(16)11-6-7-12(14)17-11/h2-7,13,15-16H,8H2,1H3. The summed E-state index contributed by atoms with van der Waals surface area (Å²) >= 11 is 4.96. The van der Waals surface area contributed by atoms with E-state index in [1.54, 1.807) is 11.3 Å². The summed E-state index contributed by atoms with van der Waals surface area (Å²) in [7, 11) is 1.92. The zero-order chi connectivity index (χ0) is 12.3. The summed E-state index contributed by atoms with van der Waals surface area (Å²) in [5.41, 5.74) is 2.15. The number of halogens is 1. The topological polar surface area (TPSA) is 32.3 Å². The van der Waals surface area contributed by atoms with Crippen molar-refractivity contribution in [1.29, 1.82) is 0 Å². The van der Waals surface area contributed by atoms with Crippen LogP contribution in [0.1, 0.15) is 22.1 Å². The first-order valence-corrected chi connectivity index (χ1v) is 6.98. The van der Waals surface area contributed by atoms with Crippen molar-refractivity contribution in [2.24, 2.45) is 0 Å². The predicted molar refractivity (Wildman–Crippen MR) is 75.3 cm³/mol. The summed E-state index contributed by atoms with van der Waals surface area (Å²) in [6, 6.07) is 11.9. The molecule has 0 saturated carbocycles. The third-order valence-corrected chi connectivity index (χ3v) is 4.22. The smallest absolute Gasteiger partial charge is 0.113 e. The van der Waals surface area contributed by atoms with Gasteiger partial charge in [0.2, 0.25) is 0 Å². The van der Waals surface area contributed by atoms with Crippen molar-refractivity contribution in [3.8, 4) is 0 Å². The first-order valence-electron chi connectivity index (χ1n) is 5.37. The molecular formula is C13H14BrNOS. The molecule has 1 aromatic heterocycles. The Morgan fingerprint density at radius 2 is 1.94 bits per heavy atom. The molecule has 2 rings (SSSR count). The van der Waals surface area contributed by atoms with Crippen LogP contribution in [0, 0.1) is 0 Å². The van der Waals surface area contributed by atoms with Gasteiger partial charge >= 0.3 is 0 Å². The van der Waals surface area contributed by atoms with Crippen LogP contribution in [0.3, 0.4) is 0 Å². The van der Waals surface area contributed by atoms with Gasteiger partial charge in [-0.3, -0.25) is 0 Å². The van der Waals surface area contributed by atoms with E-state index in [1.807, 2.05) is 43.4 Å². The molecule has 4 heteroatoms. The lowest BCUT2D eigenvalue weighted by Crippen LogP contribution is -2.05. The van der Waals surface area contributed by atoms with E-state index in [-0.39, 0.29) is 0 Å². The first-order chi connectivity index (χ1) is 8.20. The minimum atomic E-state index is -0.532. The fraction of sp³-hybridized carbons (Fsp3) is 0.231. The van der Waals surface area contributed by atoms with Gasteiger partial charge in [-0.2, -0.15) is 0 Å². The minimum absolute atomic E-state index is 0.532. The summed E-state index contributed by atoms with van der Waals surface area (Å²) in [6.07, 6.45) is -0.532. The van der Waals surface area contributed by atoms with Crippen molar-refractivity contribution in [3.05, 3.63) is 56.2 Å². The number of hydrogen-bond acceptors (Lipinski definition) is 3. The van der Waals surface area contributed by atoms with E-state index in [1.165, 1.54) is 5.56 Å². The van der Waals surface area contributed by atoms with Gasteiger partial charge in [0.15, 0.2) is 0 Å². The van der Waals surface area contributed by atoms with Crippen molar-refractivity contribution < 1.29 is 5.11 Å². The fourth-order valence-corrected chi connectivity index (χ4v) is 3.10. The van der Waals surface area contributed by atoms with Crippen LogP contribution in [0.15, 0.2) is 40.2 Å². The fourth-order valence-electron chi connectivity index (χ4n) is 1.66. The Hall–Kier alpha value is -0.680. The second-order valence-electron chi connectivity index (χ2n) is 3.82. The Bertz CT molecular complexity index is 480. The molecule has 0 aliphatic rings. The molecule has 1 aromatic carbocycles. The molecule has 90 valence electrons. The molecule has 0 spiro atoms. The zero-order valence-corrected chi connectivity index (χ0v) is 11.9. The summed E-state index contributed by atoms with van der Waals surface area (Å²) < 4.78 is 1.04. The average molecular weight is 312 g/mol. The molecule has 0 amide bonds. The Kier molecular flexibility index (Phi) is 4.34. The van der Waals surface area contributed by atoms with Gasteiger partial charge < -0.3 is 10.4 Å². The maximum Gasteiger partial charge on any atom is 0.113 e. The van der Waals surface area contributed by atoms with Crippen LogP contribution in [-0.4, -0.2) is 12.2 Å². The van der Waals surface area contributed by atoms with Crippen molar-refractivity contribution >= 4 is 27.3 Å². The lowest BCUT2D eigenvalue weighted by molar-refractivity contribution is 0.224. The molecule has 0 radical (unpaired) electrons. The highest BCUT2D eigenvalue weighted by Crippen LogP contribution is 2.31. The molecule has 2 N–H and O–H groups in total.